The van der Waals surface area contributed by atoms with Crippen molar-refractivity contribution in [3.8, 4) is 17.2 Å². The molecule has 0 saturated carbocycles. The number of benzene rings is 2. The van der Waals surface area contributed by atoms with Gasteiger partial charge in [-0.1, -0.05) is 59.7 Å². The maximum Gasteiger partial charge on any atom is 0.193 e. The summed E-state index contributed by atoms with van der Waals surface area (Å²) in [5.41, 5.74) is 3.44. The third kappa shape index (κ3) is 6.07. The molecule has 0 unspecified atom stereocenters. The van der Waals surface area contributed by atoms with Crippen molar-refractivity contribution in [2.45, 2.75) is 59.5 Å². The van der Waals surface area contributed by atoms with E-state index in [1.54, 1.807) is 12.2 Å². The summed E-state index contributed by atoms with van der Waals surface area (Å²) in [6, 6.07) is 9.49. The van der Waals surface area contributed by atoms with Crippen molar-refractivity contribution < 1.29 is 19.7 Å². The molecular formula is C30H34O4. The summed E-state index contributed by atoms with van der Waals surface area (Å²) in [6.07, 6.45) is 13.1. The molecule has 178 valence electrons. The van der Waals surface area contributed by atoms with Crippen LogP contribution in [-0.2, 0) is 6.42 Å². The summed E-state index contributed by atoms with van der Waals surface area (Å²) in [5.74, 6) is -0.470. The number of allylic oxidation sites excluding steroid dienone is 5. The van der Waals surface area contributed by atoms with Crippen molar-refractivity contribution >= 4 is 17.9 Å². The zero-order valence-electron chi connectivity index (χ0n) is 20.7. The number of ketones is 1. The molecule has 0 fully saturated rings. The number of phenolic OH excluding ortho intramolecular Hbond substituents is 2. The molecule has 1 aliphatic heterocycles. The monoisotopic (exact) mass is 458 g/mol. The highest BCUT2D eigenvalue weighted by atomic mass is 16.5. The Kier molecular flexibility index (Phi) is 7.83. The second-order valence-corrected chi connectivity index (χ2v) is 9.52. The predicted molar refractivity (Wildman–Crippen MR) is 139 cm³/mol. The first-order valence-corrected chi connectivity index (χ1v) is 11.6. The minimum Gasteiger partial charge on any atom is -0.507 e. The quantitative estimate of drug-likeness (QED) is 0.245. The molecule has 2 aromatic carbocycles. The molecule has 0 amide bonds. The normalized spacial score (nSPS) is 14.6. The molecule has 3 rings (SSSR count). The number of hydrogen-bond acceptors (Lipinski definition) is 4. The number of rotatable bonds is 8. The van der Waals surface area contributed by atoms with Crippen LogP contribution in [0.4, 0.5) is 0 Å². The summed E-state index contributed by atoms with van der Waals surface area (Å²) in [7, 11) is 0. The Bertz CT molecular complexity index is 1170. The smallest absolute Gasteiger partial charge is 0.193 e. The first-order chi connectivity index (χ1) is 16.1. The van der Waals surface area contributed by atoms with E-state index in [1.807, 2.05) is 63.3 Å². The van der Waals surface area contributed by atoms with Crippen molar-refractivity contribution in [3.63, 3.8) is 0 Å². The second kappa shape index (κ2) is 10.6. The maximum atomic E-state index is 13.3. The fourth-order valence-electron chi connectivity index (χ4n) is 3.83. The van der Waals surface area contributed by atoms with Gasteiger partial charge in [-0.3, -0.25) is 4.79 Å². The number of carbonyl (C=O) groups excluding carboxylic acids is 1. The van der Waals surface area contributed by atoms with Gasteiger partial charge in [-0.15, -0.1) is 0 Å². The van der Waals surface area contributed by atoms with Gasteiger partial charge in [0.25, 0.3) is 0 Å². The number of phenols is 2. The molecule has 0 saturated heterocycles. The lowest BCUT2D eigenvalue weighted by Gasteiger charge is -2.30. The lowest BCUT2D eigenvalue weighted by molar-refractivity contribution is 0.103. The van der Waals surface area contributed by atoms with Crippen LogP contribution in [0.15, 0.2) is 65.8 Å². The second-order valence-electron chi connectivity index (χ2n) is 9.52. The molecule has 1 heterocycles. The van der Waals surface area contributed by atoms with Crippen molar-refractivity contribution in [2.24, 2.45) is 0 Å². The van der Waals surface area contributed by atoms with Crippen LogP contribution >= 0.6 is 0 Å². The van der Waals surface area contributed by atoms with E-state index < -0.39 is 5.60 Å². The van der Waals surface area contributed by atoms with Gasteiger partial charge in [0.2, 0.25) is 0 Å². The average Bonchev–Trinajstić information content (AvgIpc) is 2.77. The van der Waals surface area contributed by atoms with E-state index in [1.165, 1.54) is 11.6 Å². The number of aromatic hydroxyl groups is 2. The van der Waals surface area contributed by atoms with E-state index in [2.05, 4.69) is 19.9 Å². The van der Waals surface area contributed by atoms with Crippen molar-refractivity contribution in [2.75, 3.05) is 0 Å². The number of ether oxygens (including phenoxy) is 1. The Morgan fingerprint density at radius 1 is 1.03 bits per heavy atom. The van der Waals surface area contributed by atoms with Crippen LogP contribution < -0.4 is 4.74 Å². The Morgan fingerprint density at radius 3 is 2.41 bits per heavy atom. The SMILES string of the molecule is CC(C)=CCC/C(C)=C/Cc1c(O)c2c(c(C(=O)C=Cc3ccccc3)c1O)OC(C)(C)C=C2. The van der Waals surface area contributed by atoms with E-state index in [0.29, 0.717) is 17.5 Å². The Hall–Kier alpha value is -3.53. The first kappa shape index (κ1) is 25.1. The topological polar surface area (TPSA) is 66.8 Å². The Balaban J connectivity index is 2.02. The van der Waals surface area contributed by atoms with Crippen LogP contribution in [-0.4, -0.2) is 21.6 Å². The van der Waals surface area contributed by atoms with Gasteiger partial charge in [0, 0.05) is 5.56 Å². The van der Waals surface area contributed by atoms with Gasteiger partial charge in [-0.25, -0.2) is 0 Å². The summed E-state index contributed by atoms with van der Waals surface area (Å²) >= 11 is 0. The van der Waals surface area contributed by atoms with Gasteiger partial charge < -0.3 is 14.9 Å². The van der Waals surface area contributed by atoms with Crippen molar-refractivity contribution in [1.29, 1.82) is 0 Å². The molecule has 4 heteroatoms. The molecule has 0 spiro atoms. The largest absolute Gasteiger partial charge is 0.507 e. The standard InChI is InChI=1S/C30H34O4/c1-20(2)10-9-11-21(3)14-16-23-27(32)24-18-19-30(4,5)34-29(24)26(28(23)33)25(31)17-15-22-12-7-6-8-13-22/h6-8,10,12-15,17-19,32-33H,9,11,16H2,1-5H3/b17-15?,21-14+. The van der Waals surface area contributed by atoms with Crippen LogP contribution in [0.3, 0.4) is 0 Å². The molecular weight excluding hydrogens is 424 g/mol. The molecule has 0 radical (unpaired) electrons. The molecule has 2 N–H and O–H groups in total. The van der Waals surface area contributed by atoms with Gasteiger partial charge in [0.05, 0.1) is 5.56 Å². The highest BCUT2D eigenvalue weighted by Crippen LogP contribution is 2.47. The van der Waals surface area contributed by atoms with Crippen LogP contribution in [0.1, 0.15) is 74.5 Å². The third-order valence-corrected chi connectivity index (χ3v) is 5.77. The van der Waals surface area contributed by atoms with E-state index in [9.17, 15) is 15.0 Å². The Morgan fingerprint density at radius 2 is 1.74 bits per heavy atom. The van der Waals surface area contributed by atoms with Crippen LogP contribution in [0.5, 0.6) is 17.2 Å². The van der Waals surface area contributed by atoms with Crippen LogP contribution in [0, 0.1) is 0 Å². The predicted octanol–water partition coefficient (Wildman–Crippen LogP) is 7.41. The molecule has 0 aromatic heterocycles. The van der Waals surface area contributed by atoms with Crippen LogP contribution in [0.2, 0.25) is 0 Å². The first-order valence-electron chi connectivity index (χ1n) is 11.6. The summed E-state index contributed by atoms with van der Waals surface area (Å²) < 4.78 is 6.06. The molecule has 0 bridgehead atoms. The highest BCUT2D eigenvalue weighted by molar-refractivity contribution is 6.12. The van der Waals surface area contributed by atoms with Gasteiger partial charge in [-0.05, 0) is 77.7 Å². The van der Waals surface area contributed by atoms with E-state index in [0.717, 1.165) is 24.0 Å². The van der Waals surface area contributed by atoms with Gasteiger partial charge >= 0.3 is 0 Å². The average molecular weight is 459 g/mol. The molecule has 34 heavy (non-hydrogen) atoms. The summed E-state index contributed by atoms with van der Waals surface area (Å²) in [5, 5.41) is 22.2. The molecule has 1 aliphatic rings. The highest BCUT2D eigenvalue weighted by Gasteiger charge is 2.32. The zero-order valence-corrected chi connectivity index (χ0v) is 20.7. The van der Waals surface area contributed by atoms with Gasteiger partial charge in [0.15, 0.2) is 5.78 Å². The summed E-state index contributed by atoms with van der Waals surface area (Å²) in [4.78, 5) is 13.3. The molecule has 0 aliphatic carbocycles. The molecule has 4 nitrogen and oxygen atoms in total. The number of carbonyl (C=O) groups is 1. The minimum atomic E-state index is -0.674. The van der Waals surface area contributed by atoms with Crippen molar-refractivity contribution in [1.82, 2.24) is 0 Å². The molecule has 0 atom stereocenters. The lowest BCUT2D eigenvalue weighted by atomic mass is 9.91. The third-order valence-electron chi connectivity index (χ3n) is 5.77. The van der Waals surface area contributed by atoms with Crippen molar-refractivity contribution in [3.05, 3.63) is 88.0 Å². The fraction of sp³-hybridized carbons (Fsp3) is 0.300. The Labute approximate surface area is 202 Å². The van der Waals surface area contributed by atoms with E-state index in [4.69, 9.17) is 4.74 Å². The molecule has 2 aromatic rings. The number of fused-ring (bicyclic) bond motifs is 1. The van der Waals surface area contributed by atoms with Gasteiger partial charge in [-0.2, -0.15) is 0 Å². The maximum absolute atomic E-state index is 13.3. The lowest BCUT2D eigenvalue weighted by Crippen LogP contribution is -2.28. The van der Waals surface area contributed by atoms with Crippen LogP contribution in [0.25, 0.3) is 12.2 Å². The minimum absolute atomic E-state index is 0.0591. The number of hydrogen-bond donors (Lipinski definition) is 2. The fourth-order valence-corrected chi connectivity index (χ4v) is 3.83. The summed E-state index contributed by atoms with van der Waals surface area (Å²) in [6.45, 7) is 9.90. The zero-order chi connectivity index (χ0) is 24.9. The van der Waals surface area contributed by atoms with Gasteiger partial charge in [0.1, 0.15) is 28.4 Å². The van der Waals surface area contributed by atoms with E-state index in [-0.39, 0.29) is 28.6 Å². The van der Waals surface area contributed by atoms with E-state index >= 15 is 0 Å².